The van der Waals surface area contributed by atoms with Gasteiger partial charge in [0.05, 0.1) is 11.6 Å². The third-order valence-electron chi connectivity index (χ3n) is 2.38. The predicted molar refractivity (Wildman–Crippen MR) is 58.8 cm³/mol. The summed E-state index contributed by atoms with van der Waals surface area (Å²) in [6.45, 7) is 0. The third kappa shape index (κ3) is 1.85. The van der Waals surface area contributed by atoms with E-state index in [1.54, 1.807) is 6.07 Å². The van der Waals surface area contributed by atoms with Crippen LogP contribution < -0.4 is 5.73 Å². The number of nitrogens with zero attached hydrogens (tertiary/aromatic N) is 1. The Bertz CT molecular complexity index is 396. The molecule has 0 unspecified atom stereocenters. The first-order chi connectivity index (χ1) is 6.20. The molecule has 1 aromatic rings. The minimum Gasteiger partial charge on any atom is -0.327 e. The van der Waals surface area contributed by atoms with Crippen molar-refractivity contribution in [2.75, 3.05) is 0 Å². The number of fused-ring (bicyclic) bond motifs is 1. The number of nitriles is 1. The van der Waals surface area contributed by atoms with Crippen molar-refractivity contribution in [2.24, 2.45) is 5.73 Å². The Hall–Kier alpha value is -0.750. The Balaban J connectivity index is 0.000000980. The molecule has 0 aliphatic heterocycles. The minimum atomic E-state index is 0. The highest BCUT2D eigenvalue weighted by atomic mass is 35.5. The summed E-state index contributed by atoms with van der Waals surface area (Å²) in [5, 5.41) is 9.49. The van der Waals surface area contributed by atoms with E-state index in [1.807, 2.05) is 6.07 Å². The molecule has 74 valence electrons. The van der Waals surface area contributed by atoms with Crippen LogP contribution >= 0.6 is 24.0 Å². The molecule has 4 heteroatoms. The quantitative estimate of drug-likeness (QED) is 0.740. The first kappa shape index (κ1) is 11.3. The summed E-state index contributed by atoms with van der Waals surface area (Å²) < 4.78 is 0. The maximum atomic E-state index is 8.86. The van der Waals surface area contributed by atoms with Gasteiger partial charge in [0, 0.05) is 11.1 Å². The molecule has 1 aliphatic carbocycles. The van der Waals surface area contributed by atoms with Crippen LogP contribution in [0.2, 0.25) is 5.02 Å². The second kappa shape index (κ2) is 4.18. The van der Waals surface area contributed by atoms with Gasteiger partial charge in [-0.15, -0.1) is 12.4 Å². The van der Waals surface area contributed by atoms with Gasteiger partial charge in [-0.3, -0.25) is 0 Å². The molecule has 2 N–H and O–H groups in total. The van der Waals surface area contributed by atoms with E-state index in [-0.39, 0.29) is 18.4 Å². The molecule has 0 amide bonds. The smallest absolute Gasteiger partial charge is 0.0995 e. The zero-order valence-corrected chi connectivity index (χ0v) is 9.03. The van der Waals surface area contributed by atoms with Crippen molar-refractivity contribution in [3.63, 3.8) is 0 Å². The molecule has 0 bridgehead atoms. The summed E-state index contributed by atoms with van der Waals surface area (Å²) in [5.74, 6) is 0. The standard InChI is InChI=1S/C10H9ClN2.ClH/c11-8-1-6-3-9(13)4-10(6)7(2-8)5-12;/h1-2,9H,3-4,13H2;1H/t9-;/m0./s1. The molecule has 1 aromatic carbocycles. The Kier molecular flexibility index (Phi) is 3.38. The number of nitrogens with two attached hydrogens (primary N) is 1. The fourth-order valence-electron chi connectivity index (χ4n) is 1.83. The highest BCUT2D eigenvalue weighted by Crippen LogP contribution is 2.27. The molecule has 14 heavy (non-hydrogen) atoms. The van der Waals surface area contributed by atoms with Crippen molar-refractivity contribution >= 4 is 24.0 Å². The lowest BCUT2D eigenvalue weighted by Crippen LogP contribution is -2.19. The largest absolute Gasteiger partial charge is 0.327 e. The van der Waals surface area contributed by atoms with Gasteiger partial charge in [0.1, 0.15) is 0 Å². The van der Waals surface area contributed by atoms with Crippen molar-refractivity contribution < 1.29 is 0 Å². The lowest BCUT2D eigenvalue weighted by Gasteiger charge is -2.01. The van der Waals surface area contributed by atoms with Gasteiger partial charge in [0.2, 0.25) is 0 Å². The molecule has 0 aromatic heterocycles. The van der Waals surface area contributed by atoms with E-state index in [9.17, 15) is 0 Å². The van der Waals surface area contributed by atoms with Gasteiger partial charge < -0.3 is 5.73 Å². The van der Waals surface area contributed by atoms with Gasteiger partial charge in [-0.2, -0.15) is 5.26 Å². The lowest BCUT2D eigenvalue weighted by molar-refractivity contribution is 0.721. The number of hydrogen-bond donors (Lipinski definition) is 1. The van der Waals surface area contributed by atoms with E-state index in [4.69, 9.17) is 22.6 Å². The Labute approximate surface area is 94.1 Å². The zero-order valence-electron chi connectivity index (χ0n) is 7.46. The molecule has 0 spiro atoms. The first-order valence-corrected chi connectivity index (χ1v) is 4.55. The van der Waals surface area contributed by atoms with E-state index in [0.717, 1.165) is 24.0 Å². The number of rotatable bonds is 0. The number of halogens is 2. The highest BCUT2D eigenvalue weighted by molar-refractivity contribution is 6.30. The zero-order chi connectivity index (χ0) is 9.42. The second-order valence-corrected chi connectivity index (χ2v) is 3.81. The fraction of sp³-hybridized carbons (Fsp3) is 0.300. The fourth-order valence-corrected chi connectivity index (χ4v) is 2.07. The Morgan fingerprint density at radius 2 is 2.14 bits per heavy atom. The van der Waals surface area contributed by atoms with Crippen LogP contribution in [0.25, 0.3) is 0 Å². The molecule has 1 aliphatic rings. The highest BCUT2D eigenvalue weighted by Gasteiger charge is 2.21. The van der Waals surface area contributed by atoms with Crippen LogP contribution in [0, 0.1) is 11.3 Å². The Morgan fingerprint density at radius 3 is 2.79 bits per heavy atom. The lowest BCUT2D eigenvalue weighted by atomic mass is 10.0. The van der Waals surface area contributed by atoms with Gasteiger partial charge in [-0.1, -0.05) is 11.6 Å². The molecule has 0 radical (unpaired) electrons. The van der Waals surface area contributed by atoms with Gasteiger partial charge in [-0.25, -0.2) is 0 Å². The average Bonchev–Trinajstić information content (AvgIpc) is 2.43. The summed E-state index contributed by atoms with van der Waals surface area (Å²) in [6.07, 6.45) is 1.64. The van der Waals surface area contributed by atoms with E-state index < -0.39 is 0 Å². The maximum Gasteiger partial charge on any atom is 0.0995 e. The van der Waals surface area contributed by atoms with Crippen molar-refractivity contribution in [3.05, 3.63) is 33.8 Å². The normalized spacial score (nSPS) is 18.2. The summed E-state index contributed by atoms with van der Waals surface area (Å²) in [4.78, 5) is 0. The van der Waals surface area contributed by atoms with Crippen LogP contribution in [0.15, 0.2) is 12.1 Å². The maximum absolute atomic E-state index is 8.86. The van der Waals surface area contributed by atoms with Gasteiger partial charge in [-0.05, 0) is 36.1 Å². The van der Waals surface area contributed by atoms with E-state index in [2.05, 4.69) is 6.07 Å². The van der Waals surface area contributed by atoms with Crippen LogP contribution in [0.5, 0.6) is 0 Å². The van der Waals surface area contributed by atoms with Crippen molar-refractivity contribution in [1.29, 1.82) is 5.26 Å². The number of benzene rings is 1. The van der Waals surface area contributed by atoms with Gasteiger partial charge >= 0.3 is 0 Å². The van der Waals surface area contributed by atoms with Crippen LogP contribution in [-0.2, 0) is 12.8 Å². The average molecular weight is 229 g/mol. The van der Waals surface area contributed by atoms with E-state index in [1.165, 1.54) is 0 Å². The van der Waals surface area contributed by atoms with E-state index >= 15 is 0 Å². The first-order valence-electron chi connectivity index (χ1n) is 4.17. The van der Waals surface area contributed by atoms with Crippen molar-refractivity contribution in [2.45, 2.75) is 18.9 Å². The summed E-state index contributed by atoms with van der Waals surface area (Å²) in [7, 11) is 0. The molecule has 0 heterocycles. The molecular formula is C10H10Cl2N2. The third-order valence-corrected chi connectivity index (χ3v) is 2.59. The number of hydrogen-bond acceptors (Lipinski definition) is 2. The van der Waals surface area contributed by atoms with Gasteiger partial charge in [0.25, 0.3) is 0 Å². The van der Waals surface area contributed by atoms with E-state index in [0.29, 0.717) is 10.6 Å². The second-order valence-electron chi connectivity index (χ2n) is 3.37. The summed E-state index contributed by atoms with van der Waals surface area (Å²) >= 11 is 5.86. The molecule has 1 atom stereocenters. The minimum absolute atomic E-state index is 0. The van der Waals surface area contributed by atoms with Crippen LogP contribution in [0.4, 0.5) is 0 Å². The van der Waals surface area contributed by atoms with Crippen molar-refractivity contribution in [3.8, 4) is 6.07 Å². The SMILES string of the molecule is Cl.N#Cc1cc(Cl)cc2c1C[C@@H](N)C2. The predicted octanol–water partition coefficient (Wildman–Crippen LogP) is 2.06. The topological polar surface area (TPSA) is 49.8 Å². The summed E-state index contributed by atoms with van der Waals surface area (Å²) in [5.41, 5.74) is 8.70. The molecular weight excluding hydrogens is 219 g/mol. The molecule has 0 saturated heterocycles. The molecule has 2 nitrogen and oxygen atoms in total. The van der Waals surface area contributed by atoms with Crippen LogP contribution in [0.1, 0.15) is 16.7 Å². The van der Waals surface area contributed by atoms with Crippen LogP contribution in [0.3, 0.4) is 0 Å². The summed E-state index contributed by atoms with van der Waals surface area (Å²) in [6, 6.07) is 5.92. The van der Waals surface area contributed by atoms with Crippen LogP contribution in [-0.4, -0.2) is 6.04 Å². The molecule has 0 saturated carbocycles. The Morgan fingerprint density at radius 1 is 1.43 bits per heavy atom. The molecule has 0 fully saturated rings. The van der Waals surface area contributed by atoms with Crippen molar-refractivity contribution in [1.82, 2.24) is 0 Å². The monoisotopic (exact) mass is 228 g/mol. The molecule has 2 rings (SSSR count). The van der Waals surface area contributed by atoms with Gasteiger partial charge in [0.15, 0.2) is 0 Å².